The van der Waals surface area contributed by atoms with E-state index >= 15 is 0 Å². The first-order valence-corrected chi connectivity index (χ1v) is 9.61. The second kappa shape index (κ2) is 7.87. The number of carboxylic acids is 1. The van der Waals surface area contributed by atoms with Crippen molar-refractivity contribution in [1.29, 1.82) is 0 Å². The minimum atomic E-state index is -1.04. The lowest BCUT2D eigenvalue weighted by Crippen LogP contribution is -2.21. The molecule has 2 atom stereocenters. The molecule has 2 aromatic carbocycles. The van der Waals surface area contributed by atoms with E-state index in [2.05, 4.69) is 0 Å². The third kappa shape index (κ3) is 3.60. The number of benzene rings is 2. The second-order valence-electron chi connectivity index (χ2n) is 7.17. The Labute approximate surface area is 172 Å². The van der Waals surface area contributed by atoms with Gasteiger partial charge in [-0.05, 0) is 42.7 Å². The molecule has 29 heavy (non-hydrogen) atoms. The van der Waals surface area contributed by atoms with Crippen LogP contribution in [0.3, 0.4) is 0 Å². The van der Waals surface area contributed by atoms with Gasteiger partial charge in [0.1, 0.15) is 0 Å². The third-order valence-corrected chi connectivity index (χ3v) is 5.62. The maximum atomic E-state index is 14.2. The number of hydrogen-bond acceptors (Lipinski definition) is 3. The first-order chi connectivity index (χ1) is 13.7. The number of hydrogen-bond donors (Lipinski definition) is 2. The van der Waals surface area contributed by atoms with Crippen LogP contribution in [0.15, 0.2) is 36.4 Å². The molecule has 0 fully saturated rings. The number of carbonyl (C=O) groups is 2. The van der Waals surface area contributed by atoms with Crippen LogP contribution in [-0.2, 0) is 4.79 Å². The summed E-state index contributed by atoms with van der Waals surface area (Å²) in [6, 6.07) is 8.58. The molecule has 5 nitrogen and oxygen atoms in total. The van der Waals surface area contributed by atoms with E-state index in [1.54, 1.807) is 25.1 Å². The summed E-state index contributed by atoms with van der Waals surface area (Å²) in [4.78, 5) is 25.3. The Balaban J connectivity index is 2.37. The molecule has 3 aromatic rings. The normalized spacial score (nSPS) is 13.4. The van der Waals surface area contributed by atoms with E-state index < -0.39 is 29.4 Å². The lowest BCUT2D eigenvalue weighted by molar-refractivity contribution is -0.140. The Hall–Kier alpha value is -2.86. The van der Waals surface area contributed by atoms with Gasteiger partial charge in [0.15, 0.2) is 11.6 Å². The van der Waals surface area contributed by atoms with Gasteiger partial charge >= 0.3 is 5.97 Å². The number of nitrogens with zero attached hydrogens (tertiary/aromatic N) is 1. The Bertz CT molecular complexity index is 1120. The molecule has 0 aliphatic rings. The van der Waals surface area contributed by atoms with Gasteiger partial charge in [-0.2, -0.15) is 0 Å². The van der Waals surface area contributed by atoms with Gasteiger partial charge in [-0.25, -0.2) is 4.39 Å². The molecular weight excluding hydrogens is 397 g/mol. The van der Waals surface area contributed by atoms with Gasteiger partial charge in [0.25, 0.3) is 5.91 Å². The SMILES string of the molecule is CCC(C)[C@@H](C(=O)O)c1c(C)n(C(=O)c2cccc(Cl)c2)c2cc(F)c(O)cc12. The number of rotatable bonds is 5. The summed E-state index contributed by atoms with van der Waals surface area (Å²) in [6.07, 6.45) is 0.596. The minimum absolute atomic E-state index is 0.201. The van der Waals surface area contributed by atoms with Gasteiger partial charge in [0.05, 0.1) is 11.4 Å². The molecule has 2 N–H and O–H groups in total. The molecular formula is C22H21ClFNO4. The summed E-state index contributed by atoms with van der Waals surface area (Å²) in [5, 5.41) is 20.5. The predicted molar refractivity (Wildman–Crippen MR) is 109 cm³/mol. The third-order valence-electron chi connectivity index (χ3n) is 5.39. The van der Waals surface area contributed by atoms with Crippen molar-refractivity contribution in [1.82, 2.24) is 4.57 Å². The average Bonchev–Trinajstić information content (AvgIpc) is 2.93. The molecule has 0 amide bonds. The van der Waals surface area contributed by atoms with Gasteiger partial charge < -0.3 is 10.2 Å². The van der Waals surface area contributed by atoms with Crippen LogP contribution in [0.4, 0.5) is 4.39 Å². The van der Waals surface area contributed by atoms with E-state index in [0.29, 0.717) is 28.1 Å². The van der Waals surface area contributed by atoms with E-state index in [0.717, 1.165) is 6.07 Å². The number of halogens is 2. The summed E-state index contributed by atoms with van der Waals surface area (Å²) >= 11 is 6.01. The highest BCUT2D eigenvalue weighted by Crippen LogP contribution is 2.39. The second-order valence-corrected chi connectivity index (χ2v) is 7.61. The number of fused-ring (bicyclic) bond motifs is 1. The van der Waals surface area contributed by atoms with Crippen molar-refractivity contribution in [2.45, 2.75) is 33.1 Å². The summed E-state index contributed by atoms with van der Waals surface area (Å²) in [7, 11) is 0. The topological polar surface area (TPSA) is 79.5 Å². The van der Waals surface area contributed by atoms with Crippen molar-refractivity contribution in [2.24, 2.45) is 5.92 Å². The molecule has 0 saturated carbocycles. The molecule has 0 radical (unpaired) electrons. The van der Waals surface area contributed by atoms with Crippen molar-refractivity contribution < 1.29 is 24.2 Å². The predicted octanol–water partition coefficient (Wildman–Crippen LogP) is 5.35. The number of carbonyl (C=O) groups excluding carboxylic acids is 1. The van der Waals surface area contributed by atoms with E-state index in [9.17, 15) is 24.2 Å². The monoisotopic (exact) mass is 417 g/mol. The number of phenols is 1. The van der Waals surface area contributed by atoms with Gasteiger partial charge in [-0.3, -0.25) is 14.2 Å². The summed E-state index contributed by atoms with van der Waals surface area (Å²) in [6.45, 7) is 5.32. The van der Waals surface area contributed by atoms with Crippen molar-refractivity contribution in [3.05, 3.63) is 64.1 Å². The van der Waals surface area contributed by atoms with Crippen LogP contribution in [0.1, 0.15) is 47.8 Å². The van der Waals surface area contributed by atoms with Crippen molar-refractivity contribution >= 4 is 34.4 Å². The van der Waals surface area contributed by atoms with E-state index in [-0.39, 0.29) is 17.0 Å². The van der Waals surface area contributed by atoms with Crippen molar-refractivity contribution in [3.8, 4) is 5.75 Å². The molecule has 0 saturated heterocycles. The first kappa shape index (κ1) is 20.9. The molecule has 7 heteroatoms. The summed E-state index contributed by atoms with van der Waals surface area (Å²) < 4.78 is 15.5. The molecule has 0 aliphatic heterocycles. The quantitative estimate of drug-likeness (QED) is 0.586. The zero-order valence-electron chi connectivity index (χ0n) is 16.2. The largest absolute Gasteiger partial charge is 0.505 e. The highest BCUT2D eigenvalue weighted by atomic mass is 35.5. The minimum Gasteiger partial charge on any atom is -0.505 e. The first-order valence-electron chi connectivity index (χ1n) is 9.23. The van der Waals surface area contributed by atoms with Crippen molar-refractivity contribution in [3.63, 3.8) is 0 Å². The van der Waals surface area contributed by atoms with Gasteiger partial charge in [-0.1, -0.05) is 37.9 Å². The van der Waals surface area contributed by atoms with Gasteiger partial charge in [0, 0.05) is 27.7 Å². The maximum Gasteiger partial charge on any atom is 0.311 e. The van der Waals surface area contributed by atoms with Crippen LogP contribution < -0.4 is 0 Å². The fraction of sp³-hybridized carbons (Fsp3) is 0.273. The summed E-state index contributed by atoms with van der Waals surface area (Å²) in [5.74, 6) is -4.14. The average molecular weight is 418 g/mol. The van der Waals surface area contributed by atoms with Crippen LogP contribution in [0.2, 0.25) is 5.02 Å². The molecule has 0 bridgehead atoms. The lowest BCUT2D eigenvalue weighted by atomic mass is 9.84. The highest BCUT2D eigenvalue weighted by molar-refractivity contribution is 6.31. The zero-order chi connectivity index (χ0) is 21.5. The van der Waals surface area contributed by atoms with Crippen LogP contribution >= 0.6 is 11.6 Å². The van der Waals surface area contributed by atoms with Crippen LogP contribution in [-0.4, -0.2) is 26.7 Å². The van der Waals surface area contributed by atoms with Gasteiger partial charge in [-0.15, -0.1) is 0 Å². The molecule has 152 valence electrons. The van der Waals surface area contributed by atoms with Crippen LogP contribution in [0, 0.1) is 18.7 Å². The summed E-state index contributed by atoms with van der Waals surface area (Å²) in [5.41, 5.74) is 1.27. The maximum absolute atomic E-state index is 14.2. The lowest BCUT2D eigenvalue weighted by Gasteiger charge is -2.20. The fourth-order valence-corrected chi connectivity index (χ4v) is 3.93. The fourth-order valence-electron chi connectivity index (χ4n) is 3.74. The number of aliphatic carboxylic acids is 1. The number of aromatic nitrogens is 1. The molecule has 1 unspecified atom stereocenters. The number of aromatic hydroxyl groups is 1. The highest BCUT2D eigenvalue weighted by Gasteiger charge is 2.33. The van der Waals surface area contributed by atoms with Crippen LogP contribution in [0.25, 0.3) is 10.9 Å². The number of carboxylic acid groups (broad SMARTS) is 1. The molecule has 0 aliphatic carbocycles. The standard InChI is InChI=1S/C22H21ClFNO4/c1-4-11(2)19(22(28)29)20-12(3)25(17-10-16(24)18(26)9-15(17)20)21(27)13-6-5-7-14(23)8-13/h5-11,19,26H,4H2,1-3H3,(H,28,29)/t11?,19-/m1/s1. The molecule has 1 aromatic heterocycles. The molecule has 3 rings (SSSR count). The van der Waals surface area contributed by atoms with Crippen molar-refractivity contribution in [2.75, 3.05) is 0 Å². The Morgan fingerprint density at radius 1 is 1.24 bits per heavy atom. The Morgan fingerprint density at radius 2 is 1.93 bits per heavy atom. The zero-order valence-corrected chi connectivity index (χ0v) is 17.0. The van der Waals surface area contributed by atoms with Gasteiger partial charge in [0.2, 0.25) is 0 Å². The Kier molecular flexibility index (Phi) is 5.66. The van der Waals surface area contributed by atoms with Crippen LogP contribution in [0.5, 0.6) is 5.75 Å². The number of phenolic OH excluding ortho intramolecular Hbond substituents is 1. The molecule has 0 spiro atoms. The smallest absolute Gasteiger partial charge is 0.311 e. The van der Waals surface area contributed by atoms with E-state index in [1.807, 2.05) is 13.8 Å². The molecule has 1 heterocycles. The van der Waals surface area contributed by atoms with E-state index in [1.165, 1.54) is 16.7 Å². The van der Waals surface area contributed by atoms with E-state index in [4.69, 9.17) is 11.6 Å². The Morgan fingerprint density at radius 3 is 2.52 bits per heavy atom.